The summed E-state index contributed by atoms with van der Waals surface area (Å²) in [6.45, 7) is 0.0343. The molecule has 1 aromatic carbocycles. The number of fused-ring (bicyclic) bond motifs is 1. The van der Waals surface area contributed by atoms with Crippen molar-refractivity contribution in [1.29, 1.82) is 0 Å². The summed E-state index contributed by atoms with van der Waals surface area (Å²) in [5, 5.41) is 5.49. The minimum absolute atomic E-state index is 0. The second-order valence-corrected chi connectivity index (χ2v) is 6.95. The van der Waals surface area contributed by atoms with E-state index in [1.54, 1.807) is 0 Å². The van der Waals surface area contributed by atoms with E-state index in [4.69, 9.17) is 0 Å². The molecule has 1 unspecified atom stereocenters. The van der Waals surface area contributed by atoms with Crippen molar-refractivity contribution in [3.05, 3.63) is 35.4 Å². The van der Waals surface area contributed by atoms with Gasteiger partial charge in [-0.25, -0.2) is 8.78 Å². The SMILES string of the molecule is CN(C)C1(CNC(=O)C2CC(F)(F)CN2)Cc2ccccc2C1.Cl.Cl. The number of rotatable bonds is 4. The van der Waals surface area contributed by atoms with E-state index in [9.17, 15) is 13.6 Å². The Labute approximate surface area is 159 Å². The van der Waals surface area contributed by atoms with Crippen LogP contribution in [0.2, 0.25) is 0 Å². The summed E-state index contributed by atoms with van der Waals surface area (Å²) in [5.41, 5.74) is 2.39. The fourth-order valence-electron chi connectivity index (χ4n) is 3.55. The van der Waals surface area contributed by atoms with Gasteiger partial charge in [0.2, 0.25) is 5.91 Å². The van der Waals surface area contributed by atoms with Crippen LogP contribution in [0.1, 0.15) is 17.5 Å². The Hall–Kier alpha value is -0.950. The molecule has 4 nitrogen and oxygen atoms in total. The molecule has 1 atom stereocenters. The molecule has 0 saturated carbocycles. The minimum atomic E-state index is -2.79. The predicted octanol–water partition coefficient (Wildman–Crippen LogP) is 2.04. The predicted molar refractivity (Wildman–Crippen MR) is 99.1 cm³/mol. The molecular weight excluding hydrogens is 371 g/mol. The minimum Gasteiger partial charge on any atom is -0.353 e. The fraction of sp³-hybridized carbons (Fsp3) is 0.588. The van der Waals surface area contributed by atoms with Gasteiger partial charge >= 0.3 is 0 Å². The summed E-state index contributed by atoms with van der Waals surface area (Å²) >= 11 is 0. The van der Waals surface area contributed by atoms with Crippen molar-refractivity contribution in [2.24, 2.45) is 0 Å². The Balaban J connectivity index is 0.00000156. The van der Waals surface area contributed by atoms with Crippen LogP contribution in [0.15, 0.2) is 24.3 Å². The zero-order chi connectivity index (χ0) is 16.7. The molecule has 0 spiro atoms. The van der Waals surface area contributed by atoms with Gasteiger partial charge in [-0.05, 0) is 38.1 Å². The number of carbonyl (C=O) groups is 1. The van der Waals surface area contributed by atoms with Crippen LogP contribution in [-0.4, -0.2) is 55.5 Å². The second kappa shape index (κ2) is 8.16. The first-order chi connectivity index (χ1) is 10.8. The van der Waals surface area contributed by atoms with Crippen molar-refractivity contribution in [2.45, 2.75) is 36.8 Å². The van der Waals surface area contributed by atoms with Crippen LogP contribution >= 0.6 is 24.8 Å². The number of alkyl halides is 2. The molecule has 1 fully saturated rings. The van der Waals surface area contributed by atoms with E-state index >= 15 is 0 Å². The standard InChI is InChI=1S/C17H23F2N3O.2ClH/c1-22(2)16(7-12-5-3-4-6-13(12)8-16)10-21-15(23)14-9-17(18,19)11-20-14;;/h3-6,14,20H,7-11H2,1-2H3,(H,21,23);2*1H. The number of benzene rings is 1. The summed E-state index contributed by atoms with van der Waals surface area (Å²) in [7, 11) is 4.00. The third-order valence-electron chi connectivity index (χ3n) is 5.12. The first-order valence-corrected chi connectivity index (χ1v) is 7.95. The van der Waals surface area contributed by atoms with Crippen LogP contribution in [0, 0.1) is 0 Å². The Morgan fingerprint density at radius 3 is 2.24 bits per heavy atom. The maximum Gasteiger partial charge on any atom is 0.262 e. The highest BCUT2D eigenvalue weighted by atomic mass is 35.5. The average molecular weight is 396 g/mol. The molecule has 2 aliphatic rings. The van der Waals surface area contributed by atoms with Crippen molar-refractivity contribution >= 4 is 30.7 Å². The van der Waals surface area contributed by atoms with Crippen molar-refractivity contribution in [1.82, 2.24) is 15.5 Å². The van der Waals surface area contributed by atoms with Crippen molar-refractivity contribution in [3.63, 3.8) is 0 Å². The summed E-state index contributed by atoms with van der Waals surface area (Å²) in [4.78, 5) is 14.3. The third-order valence-corrected chi connectivity index (χ3v) is 5.12. The van der Waals surface area contributed by atoms with E-state index in [-0.39, 0.29) is 36.3 Å². The number of hydrogen-bond acceptors (Lipinski definition) is 3. The highest BCUT2D eigenvalue weighted by molar-refractivity contribution is 5.85. The lowest BCUT2D eigenvalue weighted by Gasteiger charge is -2.36. The summed E-state index contributed by atoms with van der Waals surface area (Å²) in [6, 6.07) is 7.47. The van der Waals surface area contributed by atoms with Gasteiger partial charge in [0, 0.05) is 18.5 Å². The van der Waals surface area contributed by atoms with Crippen LogP contribution in [0.3, 0.4) is 0 Å². The zero-order valence-corrected chi connectivity index (χ0v) is 16.0. The van der Waals surface area contributed by atoms with Crippen molar-refractivity contribution in [2.75, 3.05) is 27.2 Å². The molecule has 2 N–H and O–H groups in total. The van der Waals surface area contributed by atoms with Crippen LogP contribution in [0.4, 0.5) is 8.78 Å². The Morgan fingerprint density at radius 2 is 1.80 bits per heavy atom. The highest BCUT2D eigenvalue weighted by Gasteiger charge is 2.44. The molecule has 1 amide bonds. The third kappa shape index (κ3) is 4.61. The number of amides is 1. The first-order valence-electron chi connectivity index (χ1n) is 7.95. The van der Waals surface area contributed by atoms with E-state index in [0.29, 0.717) is 6.54 Å². The number of nitrogens with one attached hydrogen (secondary N) is 2. The van der Waals surface area contributed by atoms with Crippen LogP contribution in [-0.2, 0) is 17.6 Å². The lowest BCUT2D eigenvalue weighted by molar-refractivity contribution is -0.124. The van der Waals surface area contributed by atoms with Crippen molar-refractivity contribution in [3.8, 4) is 0 Å². The molecule has 1 aliphatic heterocycles. The van der Waals surface area contributed by atoms with Crippen molar-refractivity contribution < 1.29 is 13.6 Å². The van der Waals surface area contributed by atoms with Gasteiger partial charge in [-0.2, -0.15) is 0 Å². The highest BCUT2D eigenvalue weighted by Crippen LogP contribution is 2.33. The largest absolute Gasteiger partial charge is 0.353 e. The molecule has 1 aromatic rings. The number of likely N-dealkylation sites (N-methyl/N-ethyl adjacent to an activating group) is 1. The quantitative estimate of drug-likeness (QED) is 0.819. The maximum atomic E-state index is 13.2. The normalized spacial score (nSPS) is 22.7. The van der Waals surface area contributed by atoms with Gasteiger partial charge in [0.1, 0.15) is 0 Å². The summed E-state index contributed by atoms with van der Waals surface area (Å²) in [5.74, 6) is -3.12. The fourth-order valence-corrected chi connectivity index (χ4v) is 3.55. The summed E-state index contributed by atoms with van der Waals surface area (Å²) in [6.07, 6.45) is 1.28. The summed E-state index contributed by atoms with van der Waals surface area (Å²) < 4.78 is 26.5. The molecule has 8 heteroatoms. The molecule has 25 heavy (non-hydrogen) atoms. The van der Waals surface area contributed by atoms with Gasteiger partial charge in [-0.3, -0.25) is 10.1 Å². The molecule has 3 rings (SSSR count). The monoisotopic (exact) mass is 395 g/mol. The number of nitrogens with zero attached hydrogens (tertiary/aromatic N) is 1. The van der Waals surface area contributed by atoms with Crippen LogP contribution < -0.4 is 10.6 Å². The molecule has 142 valence electrons. The van der Waals surface area contributed by atoms with Gasteiger partial charge in [0.25, 0.3) is 5.92 Å². The van der Waals surface area contributed by atoms with Gasteiger partial charge in [-0.1, -0.05) is 24.3 Å². The topological polar surface area (TPSA) is 44.4 Å². The molecule has 1 saturated heterocycles. The van der Waals surface area contributed by atoms with E-state index in [2.05, 4.69) is 27.7 Å². The Bertz CT molecular complexity index is 588. The van der Waals surface area contributed by atoms with E-state index < -0.39 is 24.9 Å². The number of hydrogen-bond donors (Lipinski definition) is 2. The lowest BCUT2D eigenvalue weighted by Crippen LogP contribution is -2.55. The van der Waals surface area contributed by atoms with Gasteiger partial charge < -0.3 is 10.2 Å². The van der Waals surface area contributed by atoms with Gasteiger partial charge in [0.05, 0.1) is 12.6 Å². The van der Waals surface area contributed by atoms with Gasteiger partial charge in [0.15, 0.2) is 0 Å². The lowest BCUT2D eigenvalue weighted by atomic mass is 9.94. The van der Waals surface area contributed by atoms with E-state index in [0.717, 1.165) is 12.8 Å². The molecule has 1 aliphatic carbocycles. The first kappa shape index (κ1) is 22.1. The van der Waals surface area contributed by atoms with Gasteiger partial charge in [-0.15, -0.1) is 24.8 Å². The Kier molecular flexibility index (Phi) is 7.21. The smallest absolute Gasteiger partial charge is 0.262 e. The van der Waals surface area contributed by atoms with E-state index in [1.807, 2.05) is 26.2 Å². The molecule has 0 bridgehead atoms. The number of carbonyl (C=O) groups excluding carboxylic acids is 1. The van der Waals surface area contributed by atoms with Crippen LogP contribution in [0.5, 0.6) is 0 Å². The number of halogens is 4. The molecule has 1 heterocycles. The second-order valence-electron chi connectivity index (χ2n) is 6.95. The molecular formula is C17H25Cl2F2N3O. The maximum absolute atomic E-state index is 13.2. The molecule has 0 aromatic heterocycles. The zero-order valence-electron chi connectivity index (χ0n) is 14.4. The van der Waals surface area contributed by atoms with E-state index in [1.165, 1.54) is 11.1 Å². The average Bonchev–Trinajstić information content (AvgIpc) is 3.05. The Morgan fingerprint density at radius 1 is 1.24 bits per heavy atom. The van der Waals surface area contributed by atoms with Crippen LogP contribution in [0.25, 0.3) is 0 Å². The molecule has 0 radical (unpaired) electrons.